The Kier molecular flexibility index (Phi) is 3.82. The summed E-state index contributed by atoms with van der Waals surface area (Å²) >= 11 is 0. The van der Waals surface area contributed by atoms with E-state index in [1.165, 1.54) is 6.08 Å². The number of aryl methyl sites for hydroxylation is 1. The molecule has 3 nitrogen and oxygen atoms in total. The molecule has 4 heteroatoms. The minimum Gasteiger partial charge on any atom is -0.342 e. The van der Waals surface area contributed by atoms with Crippen molar-refractivity contribution in [3.05, 3.63) is 42.5 Å². The monoisotopic (exact) mass is 294 g/mol. The van der Waals surface area contributed by atoms with Gasteiger partial charge in [0.15, 0.2) is 0 Å². The Labute approximate surface area is 121 Å². The molecule has 1 heterocycles. The Morgan fingerprint density at radius 2 is 1.90 bits per heavy atom. The molecule has 110 valence electrons. The zero-order valence-corrected chi connectivity index (χ0v) is 13.2. The molecule has 1 fully saturated rings. The first-order valence-electron chi connectivity index (χ1n) is 6.98. The fraction of sp³-hybridized carbons (Fsp3) is 0.500. The summed E-state index contributed by atoms with van der Waals surface area (Å²) in [5.41, 5.74) is 0.371. The molecule has 0 unspecified atom stereocenters. The van der Waals surface area contributed by atoms with Crippen molar-refractivity contribution in [2.75, 3.05) is 0 Å². The number of ether oxygens (including phenoxy) is 1. The molecule has 20 heavy (non-hydrogen) atoms. The zero-order chi connectivity index (χ0) is 15.0. The molecule has 0 spiro atoms. The molecular weight excluding hydrogens is 272 g/mol. The van der Waals surface area contributed by atoms with Crippen LogP contribution in [0.25, 0.3) is 0 Å². The smallest absolute Gasteiger partial charge is 0.221 e. The fourth-order valence-electron chi connectivity index (χ4n) is 2.65. The summed E-state index contributed by atoms with van der Waals surface area (Å²) in [6.07, 6.45) is 4.12. The van der Waals surface area contributed by atoms with Gasteiger partial charge >= 0.3 is 0 Å². The summed E-state index contributed by atoms with van der Waals surface area (Å²) in [5, 5.41) is 0. The molecule has 1 aliphatic heterocycles. The van der Waals surface area contributed by atoms with E-state index in [9.17, 15) is 8.42 Å². The second kappa shape index (κ2) is 5.01. The van der Waals surface area contributed by atoms with E-state index in [-0.39, 0.29) is 0 Å². The van der Waals surface area contributed by atoms with Gasteiger partial charge in [0, 0.05) is 0 Å². The predicted octanol–water partition coefficient (Wildman–Crippen LogP) is 3.63. The molecule has 2 rings (SSSR count). The molecule has 0 amide bonds. The molecule has 1 aliphatic rings. The van der Waals surface area contributed by atoms with Gasteiger partial charge in [-0.15, -0.1) is 0 Å². The van der Waals surface area contributed by atoms with E-state index in [4.69, 9.17) is 4.74 Å². The molecule has 0 radical (unpaired) electrons. The Morgan fingerprint density at radius 1 is 1.30 bits per heavy atom. The van der Waals surface area contributed by atoms with Gasteiger partial charge in [-0.05, 0) is 38.5 Å². The number of hydrogen-bond donors (Lipinski definition) is 0. The van der Waals surface area contributed by atoms with E-state index in [2.05, 4.69) is 13.5 Å². The van der Waals surface area contributed by atoms with Gasteiger partial charge in [0.2, 0.25) is 14.8 Å². The number of hydrogen-bond acceptors (Lipinski definition) is 3. The molecule has 1 saturated heterocycles. The van der Waals surface area contributed by atoms with Gasteiger partial charge in [-0.2, -0.15) is 0 Å². The number of sulfone groups is 1. The van der Waals surface area contributed by atoms with Crippen LogP contribution in [0.1, 0.15) is 38.7 Å². The van der Waals surface area contributed by atoms with Crippen molar-refractivity contribution in [1.29, 1.82) is 0 Å². The van der Waals surface area contributed by atoms with E-state index in [1.807, 2.05) is 13.8 Å². The van der Waals surface area contributed by atoms with Crippen molar-refractivity contribution < 1.29 is 13.2 Å². The summed E-state index contributed by atoms with van der Waals surface area (Å²) in [4.78, 5) is -0.979. The Morgan fingerprint density at radius 3 is 2.40 bits per heavy atom. The zero-order valence-electron chi connectivity index (χ0n) is 12.3. The van der Waals surface area contributed by atoms with Gasteiger partial charge in [0.05, 0.1) is 4.90 Å². The van der Waals surface area contributed by atoms with Crippen LogP contribution in [0.3, 0.4) is 0 Å². The largest absolute Gasteiger partial charge is 0.342 e. The van der Waals surface area contributed by atoms with Gasteiger partial charge in [-0.1, -0.05) is 44.0 Å². The third-order valence-corrected chi connectivity index (χ3v) is 6.45. The summed E-state index contributed by atoms with van der Waals surface area (Å²) in [5.74, 6) is 0. The van der Waals surface area contributed by atoms with Crippen LogP contribution in [0.2, 0.25) is 0 Å². The van der Waals surface area contributed by atoms with Crippen molar-refractivity contribution in [3.63, 3.8) is 0 Å². The molecule has 0 aliphatic carbocycles. The van der Waals surface area contributed by atoms with Crippen LogP contribution in [0.5, 0.6) is 0 Å². The van der Waals surface area contributed by atoms with Crippen molar-refractivity contribution in [2.45, 2.75) is 55.5 Å². The van der Waals surface area contributed by atoms with Crippen molar-refractivity contribution >= 4 is 9.84 Å². The number of rotatable bonds is 6. The van der Waals surface area contributed by atoms with Gasteiger partial charge in [-0.3, -0.25) is 0 Å². The van der Waals surface area contributed by atoms with Crippen molar-refractivity contribution in [3.8, 4) is 0 Å². The maximum Gasteiger partial charge on any atom is 0.221 e. The van der Waals surface area contributed by atoms with Crippen molar-refractivity contribution in [1.82, 2.24) is 0 Å². The predicted molar refractivity (Wildman–Crippen MR) is 80.3 cm³/mol. The normalized spacial score (nSPS) is 29.1. The van der Waals surface area contributed by atoms with Crippen LogP contribution in [0, 0.1) is 6.92 Å². The van der Waals surface area contributed by atoms with E-state index in [0.717, 1.165) is 24.8 Å². The Hall–Kier alpha value is -1.13. The molecule has 0 saturated carbocycles. The number of unbranched alkanes of at least 4 members (excludes halogenated alkanes) is 1. The first-order valence-corrected chi connectivity index (χ1v) is 8.46. The van der Waals surface area contributed by atoms with E-state index in [0.29, 0.717) is 4.90 Å². The molecule has 1 aromatic carbocycles. The average molecular weight is 294 g/mol. The first-order chi connectivity index (χ1) is 9.33. The number of benzene rings is 1. The van der Waals surface area contributed by atoms with Gasteiger partial charge in [0.25, 0.3) is 0 Å². The van der Waals surface area contributed by atoms with Gasteiger partial charge < -0.3 is 4.74 Å². The topological polar surface area (TPSA) is 46.7 Å². The third kappa shape index (κ3) is 2.11. The van der Waals surface area contributed by atoms with Gasteiger partial charge in [-0.25, -0.2) is 8.42 Å². The molecule has 0 aromatic heterocycles. The van der Waals surface area contributed by atoms with Gasteiger partial charge in [0.1, 0.15) is 5.60 Å². The van der Waals surface area contributed by atoms with Crippen molar-refractivity contribution in [2.24, 2.45) is 0 Å². The third-order valence-electron chi connectivity index (χ3n) is 4.08. The highest BCUT2D eigenvalue weighted by Crippen LogP contribution is 2.57. The Balaban J connectivity index is 2.38. The molecule has 0 bridgehead atoms. The quantitative estimate of drug-likeness (QED) is 0.594. The fourth-order valence-corrected chi connectivity index (χ4v) is 4.68. The molecular formula is C16H22O3S. The Bertz CT molecular complexity index is 603. The standard InChI is InChI=1S/C16H22O3S/c1-5-7-12-15(4)16(6-2,19-15)20(17,18)14-10-8-13(3)9-11-14/h6,8-11H,2,5,7,12H2,1,3-4H3/t15-,16+/m0/s1. The van der Waals surface area contributed by atoms with Crippen LogP contribution in [-0.2, 0) is 14.6 Å². The minimum absolute atomic E-state index is 0.295. The highest BCUT2D eigenvalue weighted by molar-refractivity contribution is 7.93. The lowest BCUT2D eigenvalue weighted by Gasteiger charge is -2.14. The molecule has 0 N–H and O–H groups in total. The summed E-state index contributed by atoms with van der Waals surface area (Å²) < 4.78 is 31.4. The van der Waals surface area contributed by atoms with Crippen LogP contribution < -0.4 is 0 Å². The summed E-state index contributed by atoms with van der Waals surface area (Å²) in [7, 11) is -3.57. The average Bonchev–Trinajstić information content (AvgIpc) is 3.05. The SMILES string of the molecule is C=C[C@]1(S(=O)(=O)c2ccc(C)cc2)O[C@@]1(C)CCCC. The summed E-state index contributed by atoms with van der Waals surface area (Å²) in [6, 6.07) is 6.88. The van der Waals surface area contributed by atoms with Crippen LogP contribution >= 0.6 is 0 Å². The van der Waals surface area contributed by atoms with E-state index < -0.39 is 20.4 Å². The maximum absolute atomic E-state index is 12.8. The number of epoxide rings is 1. The molecule has 2 atom stereocenters. The van der Waals surface area contributed by atoms with Crippen LogP contribution in [0.15, 0.2) is 41.8 Å². The minimum atomic E-state index is -3.57. The second-order valence-electron chi connectivity index (χ2n) is 5.62. The highest BCUT2D eigenvalue weighted by atomic mass is 32.2. The highest BCUT2D eigenvalue weighted by Gasteiger charge is 2.72. The van der Waals surface area contributed by atoms with E-state index >= 15 is 0 Å². The van der Waals surface area contributed by atoms with Crippen LogP contribution in [0.4, 0.5) is 0 Å². The maximum atomic E-state index is 12.8. The lowest BCUT2D eigenvalue weighted by Crippen LogP contribution is -2.31. The van der Waals surface area contributed by atoms with E-state index in [1.54, 1.807) is 24.3 Å². The molecule has 1 aromatic rings. The second-order valence-corrected chi connectivity index (χ2v) is 7.71. The first kappa shape index (κ1) is 15.3. The lowest BCUT2D eigenvalue weighted by molar-refractivity contribution is 0.291. The summed E-state index contributed by atoms with van der Waals surface area (Å²) in [6.45, 7) is 9.57. The van der Waals surface area contributed by atoms with Crippen LogP contribution in [-0.4, -0.2) is 19.0 Å². The lowest BCUT2D eigenvalue weighted by atomic mass is 10.00.